The van der Waals surface area contributed by atoms with E-state index in [2.05, 4.69) is 15.6 Å². The fourth-order valence-electron chi connectivity index (χ4n) is 4.05. The van der Waals surface area contributed by atoms with Gasteiger partial charge in [-0.2, -0.15) is 4.98 Å². The molecule has 1 aromatic heterocycles. The smallest absolute Gasteiger partial charge is 0.413 e. The van der Waals surface area contributed by atoms with E-state index < -0.39 is 35.5 Å². The van der Waals surface area contributed by atoms with Gasteiger partial charge >= 0.3 is 23.8 Å². The van der Waals surface area contributed by atoms with Gasteiger partial charge in [0.15, 0.2) is 0 Å². The van der Waals surface area contributed by atoms with Gasteiger partial charge in [-0.1, -0.05) is 30.3 Å². The van der Waals surface area contributed by atoms with E-state index >= 15 is 0 Å². The van der Waals surface area contributed by atoms with Crippen molar-refractivity contribution >= 4 is 24.0 Å². The lowest BCUT2D eigenvalue weighted by atomic mass is 10.1. The summed E-state index contributed by atoms with van der Waals surface area (Å²) in [7, 11) is 0. The number of nitrogens with zero attached hydrogens (tertiary/aromatic N) is 3. The van der Waals surface area contributed by atoms with Gasteiger partial charge in [0.05, 0.1) is 12.6 Å². The van der Waals surface area contributed by atoms with E-state index in [1.54, 1.807) is 27.7 Å². The Morgan fingerprint density at radius 1 is 1.08 bits per heavy atom. The van der Waals surface area contributed by atoms with E-state index in [0.29, 0.717) is 19.5 Å². The molecule has 3 rings (SSSR count). The van der Waals surface area contributed by atoms with Gasteiger partial charge in [-0.25, -0.2) is 14.4 Å². The van der Waals surface area contributed by atoms with Crippen LogP contribution >= 0.6 is 0 Å². The first-order valence-corrected chi connectivity index (χ1v) is 12.5. The molecule has 2 N–H and O–H groups in total. The van der Waals surface area contributed by atoms with Crippen LogP contribution in [0.4, 0.5) is 15.4 Å². The third-order valence-electron chi connectivity index (χ3n) is 5.67. The van der Waals surface area contributed by atoms with E-state index in [1.165, 1.54) is 16.8 Å². The lowest BCUT2D eigenvalue weighted by molar-refractivity contribution is -0.148. The Labute approximate surface area is 221 Å². The molecule has 0 radical (unpaired) electrons. The lowest BCUT2D eigenvalue weighted by Crippen LogP contribution is -2.43. The Balaban J connectivity index is 1.60. The van der Waals surface area contributed by atoms with Crippen LogP contribution < -0.4 is 16.3 Å². The van der Waals surface area contributed by atoms with Gasteiger partial charge in [0.25, 0.3) is 0 Å². The monoisotopic (exact) mass is 529 g/mol. The fourth-order valence-corrected chi connectivity index (χ4v) is 4.05. The summed E-state index contributed by atoms with van der Waals surface area (Å²) in [6, 6.07) is 9.75. The Kier molecular flexibility index (Phi) is 9.83. The van der Waals surface area contributed by atoms with Crippen molar-refractivity contribution in [2.45, 2.75) is 58.4 Å². The SMILES string of the molecule is CCOC(=O)[C@@H]1C[C@H](n2ccc(NC(=O)OCc3ccccc3)nc2=O)CN1CCNC(=O)OC(C)(C)C. The highest BCUT2D eigenvalue weighted by molar-refractivity contribution is 5.83. The number of alkyl carbamates (subject to hydrolysis) is 1. The van der Waals surface area contributed by atoms with Crippen LogP contribution in [-0.4, -0.2) is 70.5 Å². The second-order valence-electron chi connectivity index (χ2n) is 9.77. The quantitative estimate of drug-likeness (QED) is 0.370. The van der Waals surface area contributed by atoms with Gasteiger partial charge in [0, 0.05) is 25.8 Å². The molecule has 1 fully saturated rings. The average molecular weight is 530 g/mol. The minimum absolute atomic E-state index is 0.0580. The number of rotatable bonds is 9. The summed E-state index contributed by atoms with van der Waals surface area (Å²) < 4.78 is 17.1. The third kappa shape index (κ3) is 8.58. The molecule has 2 aromatic rings. The molecule has 0 saturated carbocycles. The highest BCUT2D eigenvalue weighted by Crippen LogP contribution is 2.27. The number of ether oxygens (including phenoxy) is 3. The van der Waals surface area contributed by atoms with Crippen molar-refractivity contribution in [3.63, 3.8) is 0 Å². The first-order chi connectivity index (χ1) is 18.1. The van der Waals surface area contributed by atoms with Gasteiger partial charge in [-0.15, -0.1) is 0 Å². The third-order valence-corrected chi connectivity index (χ3v) is 5.67. The lowest BCUT2D eigenvalue weighted by Gasteiger charge is -2.23. The summed E-state index contributed by atoms with van der Waals surface area (Å²) in [5, 5.41) is 5.14. The Morgan fingerprint density at radius 2 is 1.82 bits per heavy atom. The number of aromatic nitrogens is 2. The molecular formula is C26H35N5O7. The summed E-state index contributed by atoms with van der Waals surface area (Å²) >= 11 is 0. The molecule has 0 spiro atoms. The summed E-state index contributed by atoms with van der Waals surface area (Å²) in [5.41, 5.74) is -0.370. The molecule has 2 heterocycles. The molecule has 38 heavy (non-hydrogen) atoms. The molecule has 1 aliphatic heterocycles. The Hall–Kier alpha value is -3.93. The highest BCUT2D eigenvalue weighted by atomic mass is 16.6. The maximum atomic E-state index is 12.8. The van der Waals surface area contributed by atoms with E-state index in [0.717, 1.165) is 5.56 Å². The Morgan fingerprint density at radius 3 is 2.47 bits per heavy atom. The summed E-state index contributed by atoms with van der Waals surface area (Å²) in [6.45, 7) is 8.33. The molecule has 0 unspecified atom stereocenters. The van der Waals surface area contributed by atoms with Gasteiger partial charge in [-0.3, -0.25) is 19.6 Å². The summed E-state index contributed by atoms with van der Waals surface area (Å²) in [6.07, 6.45) is 0.577. The number of esters is 1. The molecule has 2 amide bonds. The standard InChI is InChI=1S/C26H35N5O7/c1-5-36-22(32)20-15-19(16-30(20)14-12-27-24(34)38-26(2,3)4)31-13-11-21(28-23(31)33)29-25(35)37-17-18-9-7-6-8-10-18/h6-11,13,19-20H,5,12,14-17H2,1-4H3,(H,27,34)(H,28,29,33,35)/t19-,20-/m0/s1. The number of hydrogen-bond acceptors (Lipinski definition) is 9. The molecule has 0 bridgehead atoms. The first kappa shape index (κ1) is 28.6. The summed E-state index contributed by atoms with van der Waals surface area (Å²) in [4.78, 5) is 55.3. The zero-order valence-corrected chi connectivity index (χ0v) is 22.1. The van der Waals surface area contributed by atoms with Crippen molar-refractivity contribution in [1.82, 2.24) is 19.8 Å². The molecule has 12 nitrogen and oxygen atoms in total. The van der Waals surface area contributed by atoms with Crippen LogP contribution in [0.5, 0.6) is 0 Å². The maximum absolute atomic E-state index is 12.8. The largest absolute Gasteiger partial charge is 0.465 e. The normalized spacial score (nSPS) is 17.5. The molecule has 0 aliphatic carbocycles. The van der Waals surface area contributed by atoms with Crippen LogP contribution in [0.1, 0.15) is 45.7 Å². The molecular weight excluding hydrogens is 494 g/mol. The number of hydrogen-bond donors (Lipinski definition) is 2. The molecule has 12 heteroatoms. The molecule has 1 aromatic carbocycles. The van der Waals surface area contributed by atoms with Crippen molar-refractivity contribution in [2.75, 3.05) is 31.6 Å². The Bertz CT molecular complexity index is 1160. The van der Waals surface area contributed by atoms with Crippen LogP contribution in [0.3, 0.4) is 0 Å². The maximum Gasteiger partial charge on any atom is 0.413 e. The number of carbonyl (C=O) groups is 3. The van der Waals surface area contributed by atoms with Gasteiger partial charge < -0.3 is 19.5 Å². The predicted molar refractivity (Wildman–Crippen MR) is 139 cm³/mol. The minimum Gasteiger partial charge on any atom is -0.465 e. The van der Waals surface area contributed by atoms with Gasteiger partial charge in [0.1, 0.15) is 24.1 Å². The molecule has 206 valence electrons. The number of likely N-dealkylation sites (tertiary alicyclic amines) is 1. The van der Waals surface area contributed by atoms with E-state index in [-0.39, 0.29) is 31.6 Å². The second kappa shape index (κ2) is 13.0. The van der Waals surface area contributed by atoms with E-state index in [4.69, 9.17) is 14.2 Å². The topological polar surface area (TPSA) is 141 Å². The van der Waals surface area contributed by atoms with E-state index in [1.807, 2.05) is 35.2 Å². The number of amides is 2. The van der Waals surface area contributed by atoms with Crippen LogP contribution in [0.2, 0.25) is 0 Å². The van der Waals surface area contributed by atoms with Gasteiger partial charge in [-0.05, 0) is 45.7 Å². The molecule has 1 aliphatic rings. The van der Waals surface area contributed by atoms with Crippen LogP contribution in [0.25, 0.3) is 0 Å². The number of benzene rings is 1. The van der Waals surface area contributed by atoms with Crippen LogP contribution in [0, 0.1) is 0 Å². The van der Waals surface area contributed by atoms with Crippen molar-refractivity contribution in [3.05, 3.63) is 58.6 Å². The van der Waals surface area contributed by atoms with Crippen molar-refractivity contribution in [3.8, 4) is 0 Å². The molecule has 1 saturated heterocycles. The highest BCUT2D eigenvalue weighted by Gasteiger charge is 2.38. The zero-order chi connectivity index (χ0) is 27.7. The predicted octanol–water partition coefficient (Wildman–Crippen LogP) is 2.70. The molecule has 2 atom stereocenters. The zero-order valence-electron chi connectivity index (χ0n) is 22.1. The van der Waals surface area contributed by atoms with Crippen molar-refractivity contribution in [1.29, 1.82) is 0 Å². The number of anilines is 1. The number of carbonyl (C=O) groups excluding carboxylic acids is 3. The summed E-state index contributed by atoms with van der Waals surface area (Å²) in [5.74, 6) is -0.338. The average Bonchev–Trinajstić information content (AvgIpc) is 3.26. The second-order valence-corrected chi connectivity index (χ2v) is 9.77. The van der Waals surface area contributed by atoms with Gasteiger partial charge in [0.2, 0.25) is 0 Å². The minimum atomic E-state index is -0.731. The van der Waals surface area contributed by atoms with E-state index in [9.17, 15) is 19.2 Å². The van der Waals surface area contributed by atoms with Crippen molar-refractivity contribution < 1.29 is 28.6 Å². The first-order valence-electron chi connectivity index (χ1n) is 12.5. The number of nitrogens with one attached hydrogen (secondary N) is 2. The van der Waals surface area contributed by atoms with Crippen molar-refractivity contribution in [2.24, 2.45) is 0 Å². The van der Waals surface area contributed by atoms with Crippen LogP contribution in [-0.2, 0) is 25.6 Å². The fraction of sp³-hybridized carbons (Fsp3) is 0.500. The van der Waals surface area contributed by atoms with Crippen LogP contribution in [0.15, 0.2) is 47.4 Å².